The number of anilines is 8. The molecule has 4 aromatic heterocycles. The standard InChI is InChI=1S/4C15H15NO2.4C6H7N.2Cu.2H2O/c4*1-10-6-5-9-13(11(10)2)16-14-8-4-3-7-12(14)15(17)18;4*1-6-3-2-4-7-5-6;;;;/h4*3-9,16H,1-2H3,(H,17,18);4*2-5H,1H3;;;2*1H2/q;;;;;;;;2*+2;;/p-4. The molecule has 0 amide bonds. The molecule has 4 heterocycles. The molecule has 8 aromatic carbocycles. The van der Waals surface area contributed by atoms with Gasteiger partial charge in [-0.05, 0) is 223 Å². The largest absolute Gasteiger partial charge is 2.00 e. The van der Waals surface area contributed by atoms with E-state index in [-0.39, 0.29) is 67.3 Å². The second-order valence-corrected chi connectivity index (χ2v) is 22.9. The van der Waals surface area contributed by atoms with Gasteiger partial charge in [-0.2, -0.15) is 0 Å². The minimum absolute atomic E-state index is 0. The Morgan fingerprint density at radius 3 is 0.558 bits per heavy atom. The van der Waals surface area contributed by atoms with Gasteiger partial charge in [0, 0.05) is 117 Å². The van der Waals surface area contributed by atoms with Crippen LogP contribution in [0.4, 0.5) is 45.5 Å². The van der Waals surface area contributed by atoms with Crippen LogP contribution in [0, 0.1) is 83.1 Å². The summed E-state index contributed by atoms with van der Waals surface area (Å²) in [5.41, 5.74) is 20.4. The van der Waals surface area contributed by atoms with Crippen LogP contribution in [-0.2, 0) is 34.1 Å². The molecule has 104 heavy (non-hydrogen) atoms. The van der Waals surface area contributed by atoms with Gasteiger partial charge in [0.05, 0.1) is 23.9 Å². The van der Waals surface area contributed by atoms with Crippen molar-refractivity contribution in [2.75, 3.05) is 21.3 Å². The number of para-hydroxylation sites is 4. The summed E-state index contributed by atoms with van der Waals surface area (Å²) >= 11 is 0. The van der Waals surface area contributed by atoms with Crippen LogP contribution in [0.25, 0.3) is 0 Å². The van der Waals surface area contributed by atoms with Gasteiger partial charge in [0.25, 0.3) is 0 Å². The number of benzene rings is 8. The maximum Gasteiger partial charge on any atom is 2.00 e. The molecule has 0 bridgehead atoms. The van der Waals surface area contributed by atoms with E-state index in [2.05, 4.69) is 41.2 Å². The molecule has 2 radical (unpaired) electrons. The van der Waals surface area contributed by atoms with Crippen molar-refractivity contribution < 1.29 is 84.7 Å². The number of aromatic nitrogens is 4. The van der Waals surface area contributed by atoms with E-state index in [1.165, 1.54) is 46.5 Å². The van der Waals surface area contributed by atoms with Crippen molar-refractivity contribution in [2.24, 2.45) is 0 Å². The average molecular weight is 1500 g/mol. The first-order chi connectivity index (χ1) is 47.9. The molecule has 0 unspecified atom stereocenters. The molecular formula is C84H88Cu2N8O10. The molecule has 20 heteroatoms. The SMILES string of the molecule is Cc1cccc(Nc2ccccc2C(=O)[O-])c1C.Cc1cccc(Nc2ccccc2C(=O)[O-])c1C.Cc1cccc(Nc2ccccc2C(=O)[O-])c1C.Cc1cccc(Nc2ccccc2C(=O)[O-])c1C.Cc1cccnc1.Cc1cccnc1.Cc1cccnc1.Cc1cccnc1.O.O.[Cu+2].[Cu+2]. The maximum atomic E-state index is 11.0. The number of hydrogen-bond donors (Lipinski definition) is 4. The molecule has 546 valence electrons. The van der Waals surface area contributed by atoms with Crippen molar-refractivity contribution in [1.82, 2.24) is 19.9 Å². The predicted molar refractivity (Wildman–Crippen MR) is 403 cm³/mol. The first kappa shape index (κ1) is 90.4. The Morgan fingerprint density at radius 2 is 0.413 bits per heavy atom. The van der Waals surface area contributed by atoms with E-state index < -0.39 is 23.9 Å². The summed E-state index contributed by atoms with van der Waals surface area (Å²) in [6.07, 6.45) is 14.4. The zero-order chi connectivity index (χ0) is 72.9. The van der Waals surface area contributed by atoms with Crippen molar-refractivity contribution in [3.63, 3.8) is 0 Å². The van der Waals surface area contributed by atoms with Gasteiger partial charge in [-0.15, -0.1) is 0 Å². The zero-order valence-corrected chi connectivity index (χ0v) is 61.9. The number of aromatic carboxylic acids is 4. The minimum Gasteiger partial charge on any atom is -0.545 e. The van der Waals surface area contributed by atoms with E-state index in [1.54, 1.807) is 97.6 Å². The Bertz CT molecular complexity index is 3980. The summed E-state index contributed by atoms with van der Waals surface area (Å²) in [7, 11) is 0. The molecule has 0 atom stereocenters. The van der Waals surface area contributed by atoms with Crippen molar-refractivity contribution in [3.05, 3.63) is 357 Å². The molecule has 0 spiro atoms. The zero-order valence-electron chi connectivity index (χ0n) is 60.1. The van der Waals surface area contributed by atoms with Crippen LogP contribution in [-0.4, -0.2) is 54.8 Å². The van der Waals surface area contributed by atoms with Crippen LogP contribution < -0.4 is 41.7 Å². The number of hydrogen-bond acceptors (Lipinski definition) is 16. The molecule has 0 aliphatic heterocycles. The van der Waals surface area contributed by atoms with Gasteiger partial charge in [0.2, 0.25) is 0 Å². The third-order valence-electron chi connectivity index (χ3n) is 15.3. The summed E-state index contributed by atoms with van der Waals surface area (Å²) in [5.74, 6) is -4.71. The molecule has 8 N–H and O–H groups in total. The van der Waals surface area contributed by atoms with E-state index in [9.17, 15) is 39.6 Å². The number of aryl methyl sites for hydroxylation is 8. The van der Waals surface area contributed by atoms with Gasteiger partial charge >= 0.3 is 34.1 Å². The number of carbonyl (C=O) groups is 4. The molecule has 12 aromatic rings. The Hall–Kier alpha value is -11.6. The molecule has 0 fully saturated rings. The maximum absolute atomic E-state index is 11.0. The first-order valence-electron chi connectivity index (χ1n) is 32.0. The Morgan fingerprint density at radius 1 is 0.240 bits per heavy atom. The van der Waals surface area contributed by atoms with Crippen molar-refractivity contribution in [1.29, 1.82) is 0 Å². The number of rotatable bonds is 12. The fourth-order valence-electron chi connectivity index (χ4n) is 9.00. The summed E-state index contributed by atoms with van der Waals surface area (Å²) in [5, 5.41) is 56.6. The number of carboxylic acid groups (broad SMARTS) is 4. The molecular weight excluding hydrogens is 1410 g/mol. The summed E-state index contributed by atoms with van der Waals surface area (Å²) in [6, 6.07) is 66.2. The monoisotopic (exact) mass is 1490 g/mol. The van der Waals surface area contributed by atoms with Gasteiger partial charge < -0.3 is 71.8 Å². The minimum atomic E-state index is -1.18. The molecule has 0 saturated carbocycles. The quantitative estimate of drug-likeness (QED) is 0.0826. The van der Waals surface area contributed by atoms with Crippen LogP contribution in [0.15, 0.2) is 268 Å². The van der Waals surface area contributed by atoms with Gasteiger partial charge in [-0.25, -0.2) is 0 Å². The number of pyridine rings is 4. The number of nitrogens with zero attached hydrogens (tertiary/aromatic N) is 4. The Labute approximate surface area is 631 Å². The normalized spacial score (nSPS) is 9.35. The third kappa shape index (κ3) is 31.1. The number of carbonyl (C=O) groups excluding carboxylic acids is 4. The first-order valence-corrected chi connectivity index (χ1v) is 32.0. The van der Waals surface area contributed by atoms with Crippen LogP contribution in [0.1, 0.15) is 108 Å². The van der Waals surface area contributed by atoms with Crippen LogP contribution in [0.5, 0.6) is 0 Å². The smallest absolute Gasteiger partial charge is 0.545 e. The van der Waals surface area contributed by atoms with Gasteiger partial charge in [-0.3, -0.25) is 19.9 Å². The summed E-state index contributed by atoms with van der Waals surface area (Å²) in [6.45, 7) is 24.2. The summed E-state index contributed by atoms with van der Waals surface area (Å²) < 4.78 is 0. The van der Waals surface area contributed by atoms with Crippen LogP contribution >= 0.6 is 0 Å². The van der Waals surface area contributed by atoms with E-state index in [0.717, 1.165) is 67.3 Å². The van der Waals surface area contributed by atoms with E-state index in [0.29, 0.717) is 22.7 Å². The van der Waals surface area contributed by atoms with E-state index in [4.69, 9.17) is 0 Å². The van der Waals surface area contributed by atoms with Crippen LogP contribution in [0.2, 0.25) is 0 Å². The Kier molecular flexibility index (Phi) is 42.0. The molecule has 0 aliphatic carbocycles. The van der Waals surface area contributed by atoms with Gasteiger partial charge in [-0.1, -0.05) is 146 Å². The van der Waals surface area contributed by atoms with Crippen LogP contribution in [0.3, 0.4) is 0 Å². The summed E-state index contributed by atoms with van der Waals surface area (Å²) in [4.78, 5) is 59.6. The predicted octanol–water partition coefficient (Wildman–Crippen LogP) is 13.5. The molecule has 0 aliphatic rings. The number of carboxylic acids is 4. The van der Waals surface area contributed by atoms with E-state index in [1.807, 2.05) is 229 Å². The second kappa shape index (κ2) is 48.3. The number of nitrogens with one attached hydrogen (secondary N) is 4. The van der Waals surface area contributed by atoms with Crippen molar-refractivity contribution >= 4 is 69.4 Å². The van der Waals surface area contributed by atoms with Gasteiger partial charge in [0.1, 0.15) is 0 Å². The average Bonchev–Trinajstić information content (AvgIpc) is 0.854. The Balaban J connectivity index is 0.000000610. The fourth-order valence-corrected chi connectivity index (χ4v) is 9.00. The topological polar surface area (TPSA) is 323 Å². The van der Waals surface area contributed by atoms with Gasteiger partial charge in [0.15, 0.2) is 0 Å². The van der Waals surface area contributed by atoms with E-state index >= 15 is 0 Å². The third-order valence-corrected chi connectivity index (χ3v) is 15.3. The van der Waals surface area contributed by atoms with Crippen molar-refractivity contribution in [3.8, 4) is 0 Å². The molecule has 12 rings (SSSR count). The van der Waals surface area contributed by atoms with Crippen molar-refractivity contribution in [2.45, 2.75) is 83.1 Å². The molecule has 18 nitrogen and oxygen atoms in total. The fraction of sp³-hybridized carbons (Fsp3) is 0.143. The molecule has 0 saturated heterocycles. The second-order valence-electron chi connectivity index (χ2n) is 22.9.